The molecule has 28 heavy (non-hydrogen) atoms. The standard InChI is InChI=1S/C20H31N3O4S/c24-20(17-5-2-1-3-6-17)22-18-7-9-19(10-8-18)28(25,26)21-11-4-12-23-13-15-27-16-14-23/h7-10,17,21H,1-6,11-16H2,(H,22,24)/p+1. The molecule has 8 heteroatoms. The highest BCUT2D eigenvalue weighted by Crippen LogP contribution is 2.25. The molecule has 1 saturated carbocycles. The molecule has 7 nitrogen and oxygen atoms in total. The number of anilines is 1. The highest BCUT2D eigenvalue weighted by molar-refractivity contribution is 7.89. The van der Waals surface area contributed by atoms with E-state index in [2.05, 4.69) is 10.0 Å². The minimum atomic E-state index is -3.53. The lowest BCUT2D eigenvalue weighted by Crippen LogP contribution is -3.14. The summed E-state index contributed by atoms with van der Waals surface area (Å²) in [6.45, 7) is 4.90. The SMILES string of the molecule is O=C(Nc1ccc(S(=O)(=O)NCCC[NH+]2CCOCC2)cc1)C1CCCCC1. The minimum Gasteiger partial charge on any atom is -0.370 e. The first-order valence-electron chi connectivity index (χ1n) is 10.4. The van der Waals surface area contributed by atoms with E-state index in [0.717, 1.165) is 65.0 Å². The zero-order valence-corrected chi connectivity index (χ0v) is 17.2. The van der Waals surface area contributed by atoms with E-state index >= 15 is 0 Å². The smallest absolute Gasteiger partial charge is 0.240 e. The molecule has 156 valence electrons. The molecule has 0 radical (unpaired) electrons. The highest BCUT2D eigenvalue weighted by atomic mass is 32.2. The summed E-state index contributed by atoms with van der Waals surface area (Å²) in [5, 5.41) is 2.91. The summed E-state index contributed by atoms with van der Waals surface area (Å²) < 4.78 is 32.9. The Kier molecular flexibility index (Phi) is 7.84. The van der Waals surface area contributed by atoms with E-state index in [1.165, 1.54) is 11.3 Å². The van der Waals surface area contributed by atoms with Gasteiger partial charge in [-0.05, 0) is 37.1 Å². The Morgan fingerprint density at radius 2 is 1.75 bits per heavy atom. The number of sulfonamides is 1. The molecule has 0 unspecified atom stereocenters. The highest BCUT2D eigenvalue weighted by Gasteiger charge is 2.21. The van der Waals surface area contributed by atoms with Crippen molar-refractivity contribution in [3.05, 3.63) is 24.3 Å². The monoisotopic (exact) mass is 410 g/mol. The van der Waals surface area contributed by atoms with Crippen LogP contribution in [0.3, 0.4) is 0 Å². The van der Waals surface area contributed by atoms with Gasteiger partial charge in [-0.25, -0.2) is 13.1 Å². The minimum absolute atomic E-state index is 0.0408. The maximum Gasteiger partial charge on any atom is 0.240 e. The molecule has 2 fully saturated rings. The molecule has 1 heterocycles. The van der Waals surface area contributed by atoms with Crippen molar-refractivity contribution in [1.29, 1.82) is 0 Å². The van der Waals surface area contributed by atoms with Gasteiger partial charge in [-0.2, -0.15) is 0 Å². The van der Waals surface area contributed by atoms with Gasteiger partial charge in [0, 0.05) is 24.6 Å². The van der Waals surface area contributed by atoms with Crippen LogP contribution < -0.4 is 14.9 Å². The van der Waals surface area contributed by atoms with Crippen LogP contribution in [0.2, 0.25) is 0 Å². The van der Waals surface area contributed by atoms with Gasteiger partial charge in [0.1, 0.15) is 13.1 Å². The number of hydrogen-bond acceptors (Lipinski definition) is 4. The summed E-state index contributed by atoms with van der Waals surface area (Å²) in [5.41, 5.74) is 0.644. The maximum atomic E-state index is 12.4. The van der Waals surface area contributed by atoms with E-state index in [0.29, 0.717) is 12.2 Å². The summed E-state index contributed by atoms with van der Waals surface area (Å²) in [6.07, 6.45) is 6.09. The molecule has 1 aliphatic carbocycles. The summed E-state index contributed by atoms with van der Waals surface area (Å²) >= 11 is 0. The van der Waals surface area contributed by atoms with Crippen LogP contribution in [0.25, 0.3) is 0 Å². The molecule has 1 amide bonds. The Bertz CT molecular complexity index is 724. The van der Waals surface area contributed by atoms with E-state index in [4.69, 9.17) is 4.74 Å². The Morgan fingerprint density at radius 3 is 2.43 bits per heavy atom. The third-order valence-electron chi connectivity index (χ3n) is 5.61. The van der Waals surface area contributed by atoms with E-state index in [1.54, 1.807) is 24.3 Å². The number of benzene rings is 1. The first kappa shape index (κ1) is 21.2. The van der Waals surface area contributed by atoms with Crippen molar-refractivity contribution in [3.63, 3.8) is 0 Å². The van der Waals surface area contributed by atoms with Crippen LogP contribution in [0.15, 0.2) is 29.2 Å². The zero-order chi connectivity index (χ0) is 19.8. The number of nitrogens with one attached hydrogen (secondary N) is 3. The van der Waals surface area contributed by atoms with Crippen molar-refractivity contribution in [1.82, 2.24) is 4.72 Å². The lowest BCUT2D eigenvalue weighted by Gasteiger charge is -2.23. The Balaban J connectivity index is 1.45. The van der Waals surface area contributed by atoms with Crippen LogP contribution in [-0.2, 0) is 19.6 Å². The van der Waals surface area contributed by atoms with Crippen molar-refractivity contribution in [2.75, 3.05) is 44.7 Å². The van der Waals surface area contributed by atoms with Crippen LogP contribution in [0, 0.1) is 5.92 Å². The molecule has 1 aliphatic heterocycles. The average Bonchev–Trinajstić information content (AvgIpc) is 2.73. The van der Waals surface area contributed by atoms with Gasteiger partial charge in [0.05, 0.1) is 24.7 Å². The summed E-state index contributed by atoms with van der Waals surface area (Å²) in [5.74, 6) is 0.117. The molecule has 3 N–H and O–H groups in total. The van der Waals surface area contributed by atoms with Gasteiger partial charge >= 0.3 is 0 Å². The number of morpholine rings is 1. The van der Waals surface area contributed by atoms with Crippen molar-refractivity contribution in [2.45, 2.75) is 43.4 Å². The summed E-state index contributed by atoms with van der Waals surface area (Å²) in [7, 11) is -3.53. The Morgan fingerprint density at radius 1 is 1.07 bits per heavy atom. The normalized spacial score (nSPS) is 19.4. The molecule has 0 spiro atoms. The molecule has 0 bridgehead atoms. The third kappa shape index (κ3) is 6.27. The molecule has 2 aliphatic rings. The predicted octanol–water partition coefficient (Wildman–Crippen LogP) is 0.789. The number of ether oxygens (including phenoxy) is 1. The fraction of sp³-hybridized carbons (Fsp3) is 0.650. The van der Waals surface area contributed by atoms with Crippen LogP contribution >= 0.6 is 0 Å². The number of quaternary nitrogens is 1. The number of rotatable bonds is 8. The van der Waals surface area contributed by atoms with E-state index in [1.807, 2.05) is 0 Å². The molecule has 1 aromatic carbocycles. The van der Waals surface area contributed by atoms with Crippen LogP contribution in [0.5, 0.6) is 0 Å². The lowest BCUT2D eigenvalue weighted by atomic mass is 9.88. The number of hydrogen-bond donors (Lipinski definition) is 3. The van der Waals surface area contributed by atoms with E-state index in [9.17, 15) is 13.2 Å². The molecule has 1 aromatic rings. The predicted molar refractivity (Wildman–Crippen MR) is 108 cm³/mol. The van der Waals surface area contributed by atoms with Crippen molar-refractivity contribution in [2.24, 2.45) is 5.92 Å². The van der Waals surface area contributed by atoms with Gasteiger partial charge in [-0.1, -0.05) is 19.3 Å². The Labute approximate surface area is 167 Å². The largest absolute Gasteiger partial charge is 0.370 e. The van der Waals surface area contributed by atoms with Crippen molar-refractivity contribution >= 4 is 21.6 Å². The van der Waals surface area contributed by atoms with Crippen LogP contribution in [0.4, 0.5) is 5.69 Å². The van der Waals surface area contributed by atoms with Gasteiger partial charge in [-0.15, -0.1) is 0 Å². The maximum absolute atomic E-state index is 12.4. The number of carbonyl (C=O) groups excluding carboxylic acids is 1. The third-order valence-corrected chi connectivity index (χ3v) is 7.08. The second-order valence-electron chi connectivity index (χ2n) is 7.71. The molecule has 0 aromatic heterocycles. The number of amides is 1. The molecule has 1 saturated heterocycles. The fourth-order valence-electron chi connectivity index (χ4n) is 3.86. The fourth-order valence-corrected chi connectivity index (χ4v) is 4.94. The topological polar surface area (TPSA) is 88.9 Å². The Hall–Kier alpha value is -1.48. The molecule has 0 atom stereocenters. The van der Waals surface area contributed by atoms with Gasteiger partial charge in [0.25, 0.3) is 0 Å². The summed E-state index contributed by atoms with van der Waals surface area (Å²) in [6, 6.07) is 6.42. The summed E-state index contributed by atoms with van der Waals surface area (Å²) in [4.78, 5) is 14.0. The molecular formula is C20H32N3O4S+. The molecular weight excluding hydrogens is 378 g/mol. The van der Waals surface area contributed by atoms with Gasteiger partial charge < -0.3 is 15.0 Å². The molecule has 3 rings (SSSR count). The average molecular weight is 411 g/mol. The van der Waals surface area contributed by atoms with Crippen molar-refractivity contribution < 1.29 is 22.8 Å². The van der Waals surface area contributed by atoms with E-state index in [-0.39, 0.29) is 16.7 Å². The zero-order valence-electron chi connectivity index (χ0n) is 16.4. The van der Waals surface area contributed by atoms with Gasteiger partial charge in [-0.3, -0.25) is 4.79 Å². The number of carbonyl (C=O) groups is 1. The first-order valence-corrected chi connectivity index (χ1v) is 11.8. The van der Waals surface area contributed by atoms with Crippen LogP contribution in [-0.4, -0.2) is 53.7 Å². The van der Waals surface area contributed by atoms with Crippen LogP contribution in [0.1, 0.15) is 38.5 Å². The second-order valence-corrected chi connectivity index (χ2v) is 9.48. The van der Waals surface area contributed by atoms with Gasteiger partial charge in [0.15, 0.2) is 0 Å². The first-order chi connectivity index (χ1) is 13.5. The lowest BCUT2D eigenvalue weighted by molar-refractivity contribution is -0.908. The van der Waals surface area contributed by atoms with E-state index < -0.39 is 10.0 Å². The quantitative estimate of drug-likeness (QED) is 0.553. The second kappa shape index (κ2) is 10.3. The van der Waals surface area contributed by atoms with Crippen molar-refractivity contribution in [3.8, 4) is 0 Å². The van der Waals surface area contributed by atoms with Gasteiger partial charge in [0.2, 0.25) is 15.9 Å².